The first-order valence-electron chi connectivity index (χ1n) is 5.54. The molecule has 0 amide bonds. The van der Waals surface area contributed by atoms with Crippen LogP contribution in [0, 0.1) is 11.3 Å². The van der Waals surface area contributed by atoms with Crippen LogP contribution in [0.1, 0.15) is 45.4 Å². The molecule has 0 bridgehead atoms. The fourth-order valence-electron chi connectivity index (χ4n) is 3.21. The van der Waals surface area contributed by atoms with Crippen LogP contribution in [0.4, 0.5) is 0 Å². The topological polar surface area (TPSA) is 46.2 Å². The van der Waals surface area contributed by atoms with Crippen LogP contribution in [0.25, 0.3) is 0 Å². The lowest BCUT2D eigenvalue weighted by Gasteiger charge is -2.51. The van der Waals surface area contributed by atoms with Gasteiger partial charge in [0.05, 0.1) is 5.60 Å². The molecular weight excluding hydrogens is 162 g/mol. The fraction of sp³-hybridized carbons (Fsp3) is 1.00. The average Bonchev–Trinajstić information content (AvgIpc) is 2.30. The van der Waals surface area contributed by atoms with Gasteiger partial charge in [-0.05, 0) is 38.0 Å². The Balaban J connectivity index is 2.13. The number of hydrogen-bond acceptors (Lipinski definition) is 2. The third kappa shape index (κ3) is 1.23. The van der Waals surface area contributed by atoms with E-state index in [-0.39, 0.29) is 5.41 Å². The van der Waals surface area contributed by atoms with Crippen LogP contribution in [0.15, 0.2) is 0 Å². The van der Waals surface area contributed by atoms with Gasteiger partial charge in [0.2, 0.25) is 0 Å². The standard InChI is InChI=1S/C11H21NO/c1-9-3-6-11(13,7-9)10(8-12)4-2-5-10/h9,13H,2-8,12H2,1H3. The summed E-state index contributed by atoms with van der Waals surface area (Å²) in [5.74, 6) is 0.689. The molecule has 2 saturated carbocycles. The van der Waals surface area contributed by atoms with Crippen molar-refractivity contribution in [2.75, 3.05) is 6.54 Å². The summed E-state index contributed by atoms with van der Waals surface area (Å²) in [5.41, 5.74) is 5.50. The van der Waals surface area contributed by atoms with Gasteiger partial charge in [-0.3, -0.25) is 0 Å². The Morgan fingerprint density at radius 1 is 1.38 bits per heavy atom. The first-order chi connectivity index (χ1) is 6.12. The van der Waals surface area contributed by atoms with Gasteiger partial charge in [-0.25, -0.2) is 0 Å². The minimum absolute atomic E-state index is 0.0950. The highest BCUT2D eigenvalue weighted by Gasteiger charge is 2.55. The molecule has 2 rings (SSSR count). The van der Waals surface area contributed by atoms with Crippen molar-refractivity contribution in [3.63, 3.8) is 0 Å². The molecule has 2 unspecified atom stereocenters. The summed E-state index contributed by atoms with van der Waals surface area (Å²) < 4.78 is 0. The van der Waals surface area contributed by atoms with Crippen molar-refractivity contribution >= 4 is 0 Å². The molecule has 2 nitrogen and oxygen atoms in total. The zero-order valence-corrected chi connectivity index (χ0v) is 8.55. The zero-order chi connectivity index (χ0) is 9.53. The molecular formula is C11H21NO. The van der Waals surface area contributed by atoms with E-state index in [0.717, 1.165) is 25.7 Å². The van der Waals surface area contributed by atoms with Gasteiger partial charge >= 0.3 is 0 Å². The summed E-state index contributed by atoms with van der Waals surface area (Å²) in [5, 5.41) is 10.6. The second-order valence-electron chi connectivity index (χ2n) is 5.22. The maximum absolute atomic E-state index is 10.6. The highest BCUT2D eigenvalue weighted by atomic mass is 16.3. The predicted molar refractivity (Wildman–Crippen MR) is 53.3 cm³/mol. The van der Waals surface area contributed by atoms with E-state index in [2.05, 4.69) is 6.92 Å². The van der Waals surface area contributed by atoms with Gasteiger partial charge in [0.25, 0.3) is 0 Å². The summed E-state index contributed by atoms with van der Waals surface area (Å²) >= 11 is 0. The maximum Gasteiger partial charge on any atom is 0.0718 e. The summed E-state index contributed by atoms with van der Waals surface area (Å²) in [4.78, 5) is 0. The fourth-order valence-corrected chi connectivity index (χ4v) is 3.21. The van der Waals surface area contributed by atoms with E-state index in [9.17, 15) is 5.11 Å². The van der Waals surface area contributed by atoms with E-state index in [0.29, 0.717) is 12.5 Å². The Bertz CT molecular complexity index is 195. The summed E-state index contributed by atoms with van der Waals surface area (Å²) in [6.07, 6.45) is 6.68. The largest absolute Gasteiger partial charge is 0.389 e. The molecule has 2 aliphatic carbocycles. The Kier molecular flexibility index (Phi) is 2.16. The highest BCUT2D eigenvalue weighted by molar-refractivity contribution is 5.07. The minimum atomic E-state index is -0.417. The molecule has 3 N–H and O–H groups in total. The van der Waals surface area contributed by atoms with Crippen molar-refractivity contribution in [3.8, 4) is 0 Å². The molecule has 0 aliphatic heterocycles. The number of nitrogens with two attached hydrogens (primary N) is 1. The third-order valence-corrected chi connectivity index (χ3v) is 4.43. The molecule has 0 aromatic carbocycles. The highest BCUT2D eigenvalue weighted by Crippen LogP contribution is 2.55. The van der Waals surface area contributed by atoms with Gasteiger partial charge in [-0.1, -0.05) is 13.3 Å². The quantitative estimate of drug-likeness (QED) is 0.684. The van der Waals surface area contributed by atoms with Gasteiger partial charge < -0.3 is 10.8 Å². The minimum Gasteiger partial charge on any atom is -0.389 e. The molecule has 0 heterocycles. The smallest absolute Gasteiger partial charge is 0.0718 e. The van der Waals surface area contributed by atoms with Crippen LogP contribution in [-0.4, -0.2) is 17.3 Å². The predicted octanol–water partition coefficient (Wildman–Crippen LogP) is 1.67. The second kappa shape index (κ2) is 2.96. The lowest BCUT2D eigenvalue weighted by Crippen LogP contribution is -2.55. The van der Waals surface area contributed by atoms with E-state index in [4.69, 9.17) is 5.73 Å². The normalized spacial score (nSPS) is 43.2. The first kappa shape index (κ1) is 9.47. The molecule has 0 radical (unpaired) electrons. The van der Waals surface area contributed by atoms with E-state index < -0.39 is 5.60 Å². The van der Waals surface area contributed by atoms with Gasteiger partial charge in [0.15, 0.2) is 0 Å². The Hall–Kier alpha value is -0.0800. The molecule has 0 aromatic rings. The van der Waals surface area contributed by atoms with Crippen molar-refractivity contribution in [3.05, 3.63) is 0 Å². The molecule has 2 heteroatoms. The van der Waals surface area contributed by atoms with Gasteiger partial charge in [-0.2, -0.15) is 0 Å². The third-order valence-electron chi connectivity index (χ3n) is 4.43. The van der Waals surface area contributed by atoms with Crippen LogP contribution in [0.3, 0.4) is 0 Å². The van der Waals surface area contributed by atoms with Gasteiger partial charge in [0.1, 0.15) is 0 Å². The van der Waals surface area contributed by atoms with Crippen molar-refractivity contribution in [2.45, 2.75) is 51.0 Å². The summed E-state index contributed by atoms with van der Waals surface area (Å²) in [7, 11) is 0. The molecule has 0 saturated heterocycles. The summed E-state index contributed by atoms with van der Waals surface area (Å²) in [6, 6.07) is 0. The second-order valence-corrected chi connectivity index (χ2v) is 5.22. The number of rotatable bonds is 2. The molecule has 2 aliphatic rings. The maximum atomic E-state index is 10.6. The lowest BCUT2D eigenvalue weighted by atomic mass is 9.58. The molecule has 0 spiro atoms. The van der Waals surface area contributed by atoms with Crippen LogP contribution in [0.2, 0.25) is 0 Å². The Labute approximate surface area is 80.5 Å². The van der Waals surface area contributed by atoms with E-state index in [1.165, 1.54) is 12.8 Å². The number of aliphatic hydroxyl groups is 1. The van der Waals surface area contributed by atoms with E-state index in [1.807, 2.05) is 0 Å². The van der Waals surface area contributed by atoms with Crippen LogP contribution in [-0.2, 0) is 0 Å². The zero-order valence-electron chi connectivity index (χ0n) is 8.55. The van der Waals surface area contributed by atoms with Crippen molar-refractivity contribution in [1.29, 1.82) is 0 Å². The van der Waals surface area contributed by atoms with Gasteiger partial charge in [-0.15, -0.1) is 0 Å². The van der Waals surface area contributed by atoms with E-state index >= 15 is 0 Å². The Morgan fingerprint density at radius 3 is 2.38 bits per heavy atom. The summed E-state index contributed by atoms with van der Waals surface area (Å²) in [6.45, 7) is 2.91. The molecule has 76 valence electrons. The van der Waals surface area contributed by atoms with Crippen LogP contribution in [0.5, 0.6) is 0 Å². The van der Waals surface area contributed by atoms with Crippen LogP contribution < -0.4 is 5.73 Å². The first-order valence-corrected chi connectivity index (χ1v) is 5.54. The monoisotopic (exact) mass is 183 g/mol. The number of hydrogen-bond donors (Lipinski definition) is 2. The van der Waals surface area contributed by atoms with E-state index in [1.54, 1.807) is 0 Å². The lowest BCUT2D eigenvalue weighted by molar-refractivity contribution is -0.119. The molecule has 2 fully saturated rings. The van der Waals surface area contributed by atoms with Crippen molar-refractivity contribution in [1.82, 2.24) is 0 Å². The van der Waals surface area contributed by atoms with Gasteiger partial charge in [0, 0.05) is 12.0 Å². The van der Waals surface area contributed by atoms with Crippen molar-refractivity contribution < 1.29 is 5.11 Å². The molecule has 2 atom stereocenters. The van der Waals surface area contributed by atoms with Crippen molar-refractivity contribution in [2.24, 2.45) is 17.1 Å². The SMILES string of the molecule is CC1CCC(O)(C2(CN)CCC2)C1. The molecule has 13 heavy (non-hydrogen) atoms. The molecule has 0 aromatic heterocycles. The average molecular weight is 183 g/mol. The van der Waals surface area contributed by atoms with Crippen LogP contribution >= 0.6 is 0 Å². The Morgan fingerprint density at radius 2 is 2.08 bits per heavy atom.